The maximum absolute atomic E-state index is 12.3. The number of esters is 2. The van der Waals surface area contributed by atoms with Gasteiger partial charge < -0.3 is 9.47 Å². The minimum Gasteiger partial charge on any atom is -0.409 e. The molecule has 0 heterocycles. The third kappa shape index (κ3) is 34.0. The molecule has 0 aromatic carbocycles. The molecule has 0 saturated carbocycles. The molecular formula is C39H74BrNO4. The van der Waals surface area contributed by atoms with Crippen molar-refractivity contribution in [2.75, 3.05) is 0 Å². The number of nitrogens with two attached hydrogens (primary N) is 1. The van der Waals surface area contributed by atoms with Crippen molar-refractivity contribution >= 4 is 28.9 Å². The number of halogens is 1. The zero-order valence-corrected chi connectivity index (χ0v) is 31.6. The fraction of sp³-hybridized carbons (Fsp3) is 0.846. The van der Waals surface area contributed by atoms with Crippen molar-refractivity contribution in [2.24, 2.45) is 5.73 Å². The molecule has 0 aromatic heterocycles. The van der Waals surface area contributed by atoms with Crippen molar-refractivity contribution in [2.45, 2.75) is 213 Å². The normalized spacial score (nSPS) is 11.7. The number of hydrogen-bond donors (Lipinski definition) is 1. The van der Waals surface area contributed by atoms with E-state index in [1.54, 1.807) is 6.92 Å². The minimum absolute atomic E-state index is 0. The van der Waals surface area contributed by atoms with Gasteiger partial charge in [-0.3, -0.25) is 15.3 Å². The van der Waals surface area contributed by atoms with Gasteiger partial charge in [-0.05, 0) is 64.2 Å². The minimum atomic E-state index is -1.65. The molecule has 0 aromatic rings. The van der Waals surface area contributed by atoms with E-state index in [2.05, 4.69) is 38.2 Å². The van der Waals surface area contributed by atoms with Gasteiger partial charge in [0.1, 0.15) is 0 Å². The van der Waals surface area contributed by atoms with Gasteiger partial charge in [0.25, 0.3) is 0 Å². The molecule has 0 saturated heterocycles. The Morgan fingerprint density at radius 1 is 0.467 bits per heavy atom. The predicted molar refractivity (Wildman–Crippen MR) is 199 cm³/mol. The van der Waals surface area contributed by atoms with Crippen molar-refractivity contribution in [1.29, 1.82) is 0 Å². The zero-order valence-electron chi connectivity index (χ0n) is 29.9. The molecule has 0 unspecified atom stereocenters. The molecule has 0 bridgehead atoms. The quantitative estimate of drug-likeness (QED) is 0.0319. The molecule has 0 radical (unpaired) electrons. The van der Waals surface area contributed by atoms with Gasteiger partial charge in [0.2, 0.25) is 0 Å². The highest BCUT2D eigenvalue weighted by Crippen LogP contribution is 2.17. The number of hydrogen-bond acceptors (Lipinski definition) is 5. The van der Waals surface area contributed by atoms with Crippen LogP contribution in [-0.4, -0.2) is 17.8 Å². The Bertz CT molecular complexity index is 655. The molecule has 0 spiro atoms. The van der Waals surface area contributed by atoms with E-state index in [-0.39, 0.29) is 35.3 Å². The molecule has 0 rings (SSSR count). The molecule has 45 heavy (non-hydrogen) atoms. The number of rotatable bonds is 33. The number of ether oxygens (including phenoxy) is 2. The van der Waals surface area contributed by atoms with Crippen LogP contribution in [-0.2, 0) is 19.1 Å². The van der Waals surface area contributed by atoms with E-state index in [9.17, 15) is 9.59 Å². The molecular weight excluding hydrogens is 626 g/mol. The molecule has 2 N–H and O–H groups in total. The van der Waals surface area contributed by atoms with Crippen LogP contribution in [0.15, 0.2) is 24.3 Å². The summed E-state index contributed by atoms with van der Waals surface area (Å²) in [5.41, 5.74) is 6.11. The average Bonchev–Trinajstić information content (AvgIpc) is 3.01. The molecule has 0 aliphatic carbocycles. The average molecular weight is 701 g/mol. The summed E-state index contributed by atoms with van der Waals surface area (Å²) >= 11 is 0. The summed E-state index contributed by atoms with van der Waals surface area (Å²) in [6.45, 7) is 6.29. The highest BCUT2D eigenvalue weighted by molar-refractivity contribution is 8.93. The van der Waals surface area contributed by atoms with Gasteiger partial charge in [-0.25, -0.2) is 0 Å². The van der Waals surface area contributed by atoms with Crippen molar-refractivity contribution < 1.29 is 19.1 Å². The molecule has 0 amide bonds. The van der Waals surface area contributed by atoms with E-state index in [1.165, 1.54) is 116 Å². The van der Waals surface area contributed by atoms with Crippen molar-refractivity contribution in [3.05, 3.63) is 24.3 Å². The van der Waals surface area contributed by atoms with Gasteiger partial charge in [0.05, 0.1) is 0 Å². The van der Waals surface area contributed by atoms with E-state index >= 15 is 0 Å². The Hall–Kier alpha value is -1.14. The third-order valence-corrected chi connectivity index (χ3v) is 8.35. The first-order valence-corrected chi connectivity index (χ1v) is 19.0. The van der Waals surface area contributed by atoms with Crippen molar-refractivity contribution in [3.8, 4) is 0 Å². The van der Waals surface area contributed by atoms with Crippen LogP contribution in [0.4, 0.5) is 0 Å². The first-order chi connectivity index (χ1) is 21.5. The summed E-state index contributed by atoms with van der Waals surface area (Å²) < 4.78 is 10.8. The second-order valence-electron chi connectivity index (χ2n) is 12.8. The van der Waals surface area contributed by atoms with Gasteiger partial charge in [-0.2, -0.15) is 0 Å². The highest BCUT2D eigenvalue weighted by atomic mass is 79.9. The lowest BCUT2D eigenvalue weighted by Crippen LogP contribution is -2.48. The van der Waals surface area contributed by atoms with Crippen LogP contribution >= 0.6 is 17.0 Å². The Morgan fingerprint density at radius 2 is 0.733 bits per heavy atom. The standard InChI is InChI=1S/C39H73NO4.BrH/c1-4-7-9-11-13-15-17-19-21-23-25-27-29-31-33-35-37(41)43-39(40,6-3)44-38(42)36-34-32-30-28-26-24-22-20-18-16-14-12-10-8-5-2;/h19-22H,4-18,23-36,40H2,1-3H3;1H/b21-19-,22-20-;. The Morgan fingerprint density at radius 3 is 1.02 bits per heavy atom. The Labute approximate surface area is 290 Å². The lowest BCUT2D eigenvalue weighted by atomic mass is 10.1. The number of carbonyl (C=O) groups excluding carboxylic acids is 2. The molecule has 0 aliphatic rings. The van der Waals surface area contributed by atoms with Gasteiger partial charge in [-0.15, -0.1) is 17.0 Å². The maximum Gasteiger partial charge on any atom is 0.315 e. The van der Waals surface area contributed by atoms with Crippen LogP contribution in [0.25, 0.3) is 0 Å². The monoisotopic (exact) mass is 699 g/mol. The molecule has 5 nitrogen and oxygen atoms in total. The number of carbonyl (C=O) groups is 2. The molecule has 6 heteroatoms. The summed E-state index contributed by atoms with van der Waals surface area (Å²) in [5, 5.41) is 0. The maximum atomic E-state index is 12.3. The molecule has 0 aliphatic heterocycles. The van der Waals surface area contributed by atoms with Crippen molar-refractivity contribution in [1.82, 2.24) is 0 Å². The lowest BCUT2D eigenvalue weighted by molar-refractivity contribution is -0.228. The molecule has 0 atom stereocenters. The molecule has 0 fully saturated rings. The smallest absolute Gasteiger partial charge is 0.315 e. The zero-order chi connectivity index (χ0) is 32.4. The highest BCUT2D eigenvalue weighted by Gasteiger charge is 2.31. The summed E-state index contributed by atoms with van der Waals surface area (Å²) in [6, 6.07) is 0. The Kier molecular flexibility index (Phi) is 36.5. The van der Waals surface area contributed by atoms with E-state index in [0.717, 1.165) is 51.4 Å². The van der Waals surface area contributed by atoms with Crippen LogP contribution in [0.3, 0.4) is 0 Å². The van der Waals surface area contributed by atoms with Crippen LogP contribution in [0.2, 0.25) is 0 Å². The first kappa shape index (κ1) is 46.0. The predicted octanol–water partition coefficient (Wildman–Crippen LogP) is 12.7. The lowest BCUT2D eigenvalue weighted by Gasteiger charge is -2.27. The fourth-order valence-corrected chi connectivity index (χ4v) is 5.33. The topological polar surface area (TPSA) is 78.6 Å². The number of unbranched alkanes of at least 4 members (excludes halogenated alkanes) is 22. The van der Waals surface area contributed by atoms with Crippen LogP contribution in [0.5, 0.6) is 0 Å². The largest absolute Gasteiger partial charge is 0.409 e. The first-order valence-electron chi connectivity index (χ1n) is 19.0. The van der Waals surface area contributed by atoms with E-state index in [0.29, 0.717) is 12.8 Å². The second-order valence-corrected chi connectivity index (χ2v) is 12.8. The molecule has 266 valence electrons. The van der Waals surface area contributed by atoms with Crippen molar-refractivity contribution in [3.63, 3.8) is 0 Å². The van der Waals surface area contributed by atoms with E-state index < -0.39 is 5.91 Å². The Balaban J connectivity index is 0. The van der Waals surface area contributed by atoms with E-state index in [4.69, 9.17) is 15.2 Å². The van der Waals surface area contributed by atoms with E-state index in [1.807, 2.05) is 0 Å². The second kappa shape index (κ2) is 35.7. The third-order valence-electron chi connectivity index (χ3n) is 8.35. The van der Waals surface area contributed by atoms with Gasteiger partial charge in [-0.1, -0.05) is 148 Å². The summed E-state index contributed by atoms with van der Waals surface area (Å²) in [4.78, 5) is 24.7. The van der Waals surface area contributed by atoms with Crippen LogP contribution in [0, 0.1) is 0 Å². The number of allylic oxidation sites excluding steroid dienone is 4. The fourth-order valence-electron chi connectivity index (χ4n) is 5.33. The summed E-state index contributed by atoms with van der Waals surface area (Å²) in [5.74, 6) is -2.43. The van der Waals surface area contributed by atoms with Gasteiger partial charge in [0.15, 0.2) is 0 Å². The van der Waals surface area contributed by atoms with Gasteiger partial charge >= 0.3 is 17.8 Å². The van der Waals surface area contributed by atoms with Crippen LogP contribution < -0.4 is 5.73 Å². The van der Waals surface area contributed by atoms with Crippen LogP contribution in [0.1, 0.15) is 207 Å². The SMILES string of the molecule is Br.CCCCCCCC/C=C\CCCCCCCC(=O)OC(N)(CC)OC(=O)CCCCCCC/C=C\CCCCCCCC. The van der Waals surface area contributed by atoms with Gasteiger partial charge in [0, 0.05) is 19.3 Å². The summed E-state index contributed by atoms with van der Waals surface area (Å²) in [7, 11) is 0. The summed E-state index contributed by atoms with van der Waals surface area (Å²) in [6.07, 6.45) is 41.7.